The van der Waals surface area contributed by atoms with Crippen molar-refractivity contribution in [1.29, 1.82) is 0 Å². The molecule has 8 nitrogen and oxygen atoms in total. The normalized spacial score (nSPS) is 17.4. The maximum Gasteiger partial charge on any atom is 0.252 e. The highest BCUT2D eigenvalue weighted by molar-refractivity contribution is 6.02. The van der Waals surface area contributed by atoms with E-state index < -0.39 is 12.1 Å². The van der Waals surface area contributed by atoms with E-state index in [0.717, 1.165) is 17.5 Å². The Balaban J connectivity index is 0.000000757. The SMILES string of the molecule is C#C.CC.NC(=O)c1cnn2cc(-c3cnc(N)nc3)cc2c1N[C@@H]1CCC[C@@H]1F. The molecule has 1 amide bonds. The van der Waals surface area contributed by atoms with Gasteiger partial charge in [-0.15, -0.1) is 12.8 Å². The first-order valence-electron chi connectivity index (χ1n) is 9.66. The van der Waals surface area contributed by atoms with Crippen LogP contribution in [-0.4, -0.2) is 37.7 Å². The molecule has 3 aromatic heterocycles. The Kier molecular flexibility index (Phi) is 7.69. The molecule has 3 heterocycles. The number of nitrogens with zero attached hydrogens (tertiary/aromatic N) is 4. The smallest absolute Gasteiger partial charge is 0.252 e. The quantitative estimate of drug-likeness (QED) is 0.567. The number of aromatic nitrogens is 4. The third-order valence-electron chi connectivity index (χ3n) is 4.67. The largest absolute Gasteiger partial charge is 0.377 e. The standard InChI is InChI=1S/C17H18FN7O.C2H6.C2H2/c18-12-2-1-3-13(12)24-15-11(16(19)26)7-23-25-8-9(4-14(15)25)10-5-21-17(20)22-6-10;2*1-2/h4-8,12-13,24H,1-3H2,(H2,19,26)(H2,20,21,22);1-2H3;1-2H/t12-,13+;;/m0../s1. The topological polar surface area (TPSA) is 124 Å². The van der Waals surface area contributed by atoms with Crippen molar-refractivity contribution >= 4 is 23.1 Å². The molecule has 158 valence electrons. The van der Waals surface area contributed by atoms with Crippen molar-refractivity contribution in [2.75, 3.05) is 11.1 Å². The number of terminal acetylenes is 1. The maximum absolute atomic E-state index is 14.1. The number of nitrogen functional groups attached to an aromatic ring is 1. The molecule has 2 atom stereocenters. The Labute approximate surface area is 174 Å². The number of anilines is 2. The van der Waals surface area contributed by atoms with Gasteiger partial charge in [0, 0.05) is 29.7 Å². The third kappa shape index (κ3) is 4.66. The summed E-state index contributed by atoms with van der Waals surface area (Å²) < 4.78 is 15.7. The second-order valence-corrected chi connectivity index (χ2v) is 6.38. The van der Waals surface area contributed by atoms with Gasteiger partial charge in [-0.3, -0.25) is 4.79 Å². The van der Waals surface area contributed by atoms with Gasteiger partial charge >= 0.3 is 0 Å². The Morgan fingerprint density at radius 3 is 2.43 bits per heavy atom. The third-order valence-corrected chi connectivity index (χ3v) is 4.67. The van der Waals surface area contributed by atoms with E-state index in [-0.39, 0.29) is 17.6 Å². The highest BCUT2D eigenvalue weighted by atomic mass is 19.1. The fourth-order valence-corrected chi connectivity index (χ4v) is 3.30. The first-order chi connectivity index (χ1) is 14.5. The van der Waals surface area contributed by atoms with E-state index in [9.17, 15) is 9.18 Å². The van der Waals surface area contributed by atoms with Crippen LogP contribution in [0.2, 0.25) is 0 Å². The number of carbonyl (C=O) groups excluding carboxylic acids is 1. The lowest BCUT2D eigenvalue weighted by Crippen LogP contribution is -2.27. The average Bonchev–Trinajstić information content (AvgIpc) is 3.38. The molecule has 0 spiro atoms. The van der Waals surface area contributed by atoms with Crippen molar-refractivity contribution in [1.82, 2.24) is 19.6 Å². The summed E-state index contributed by atoms with van der Waals surface area (Å²) >= 11 is 0. The summed E-state index contributed by atoms with van der Waals surface area (Å²) in [6.07, 6.45) is 15.4. The molecule has 1 aliphatic carbocycles. The molecular weight excluding hydrogens is 385 g/mol. The molecule has 1 aliphatic rings. The van der Waals surface area contributed by atoms with E-state index in [1.54, 1.807) is 23.1 Å². The van der Waals surface area contributed by atoms with E-state index in [1.165, 1.54) is 6.20 Å². The molecule has 0 bridgehead atoms. The van der Waals surface area contributed by atoms with Crippen LogP contribution in [0.1, 0.15) is 43.5 Å². The van der Waals surface area contributed by atoms with Gasteiger partial charge in [-0.05, 0) is 25.3 Å². The van der Waals surface area contributed by atoms with Crippen molar-refractivity contribution in [2.45, 2.75) is 45.3 Å². The Morgan fingerprint density at radius 1 is 1.20 bits per heavy atom. The minimum Gasteiger partial charge on any atom is -0.377 e. The first-order valence-corrected chi connectivity index (χ1v) is 9.66. The van der Waals surface area contributed by atoms with Gasteiger partial charge in [-0.2, -0.15) is 5.10 Å². The number of hydrogen-bond acceptors (Lipinski definition) is 6. The number of amides is 1. The van der Waals surface area contributed by atoms with E-state index >= 15 is 0 Å². The summed E-state index contributed by atoms with van der Waals surface area (Å²) in [5, 5.41) is 7.41. The molecule has 1 fully saturated rings. The molecule has 30 heavy (non-hydrogen) atoms. The fourth-order valence-electron chi connectivity index (χ4n) is 3.30. The van der Waals surface area contributed by atoms with Crippen LogP contribution in [0.15, 0.2) is 30.9 Å². The number of primary amides is 1. The molecule has 0 aliphatic heterocycles. The van der Waals surface area contributed by atoms with Crippen LogP contribution in [0.3, 0.4) is 0 Å². The van der Waals surface area contributed by atoms with Crippen LogP contribution in [0.25, 0.3) is 16.6 Å². The molecule has 9 heteroatoms. The second kappa shape index (κ2) is 10.2. The molecule has 4 rings (SSSR count). The highest BCUT2D eigenvalue weighted by Gasteiger charge is 2.29. The van der Waals surface area contributed by atoms with Crippen molar-refractivity contribution in [3.8, 4) is 24.0 Å². The number of fused-ring (bicyclic) bond motifs is 1. The lowest BCUT2D eigenvalue weighted by Gasteiger charge is -2.19. The molecule has 0 aromatic carbocycles. The summed E-state index contributed by atoms with van der Waals surface area (Å²) in [7, 11) is 0. The number of halogens is 1. The van der Waals surface area contributed by atoms with E-state index in [4.69, 9.17) is 11.5 Å². The van der Waals surface area contributed by atoms with Gasteiger partial charge in [0.25, 0.3) is 5.91 Å². The zero-order valence-corrected chi connectivity index (χ0v) is 17.0. The van der Waals surface area contributed by atoms with Crippen LogP contribution < -0.4 is 16.8 Å². The number of hydrogen-bond donors (Lipinski definition) is 3. The minimum absolute atomic E-state index is 0.184. The number of nitrogens with two attached hydrogens (primary N) is 2. The highest BCUT2D eigenvalue weighted by Crippen LogP contribution is 2.32. The Bertz CT molecular complexity index is 1010. The van der Waals surface area contributed by atoms with E-state index in [2.05, 4.69) is 33.2 Å². The molecular formula is C21H26FN7O. The predicted octanol–water partition coefficient (Wildman–Crippen LogP) is 3.05. The predicted molar refractivity (Wildman–Crippen MR) is 117 cm³/mol. The van der Waals surface area contributed by atoms with Gasteiger partial charge in [-0.1, -0.05) is 13.8 Å². The van der Waals surface area contributed by atoms with Crippen molar-refractivity contribution < 1.29 is 9.18 Å². The molecule has 0 radical (unpaired) electrons. The van der Waals surface area contributed by atoms with Gasteiger partial charge < -0.3 is 16.8 Å². The summed E-state index contributed by atoms with van der Waals surface area (Å²) in [5.74, 6) is -0.432. The number of carbonyl (C=O) groups is 1. The fraction of sp³-hybridized carbons (Fsp3) is 0.333. The zero-order chi connectivity index (χ0) is 22.3. The van der Waals surface area contributed by atoms with Crippen LogP contribution in [0, 0.1) is 12.8 Å². The van der Waals surface area contributed by atoms with Gasteiger partial charge in [-0.25, -0.2) is 18.9 Å². The number of rotatable bonds is 4. The Hall–Kier alpha value is -3.67. The van der Waals surface area contributed by atoms with E-state index in [0.29, 0.717) is 24.0 Å². The lowest BCUT2D eigenvalue weighted by molar-refractivity contribution is 0.100. The van der Waals surface area contributed by atoms with Crippen molar-refractivity contribution in [2.24, 2.45) is 5.73 Å². The van der Waals surface area contributed by atoms with Crippen molar-refractivity contribution in [3.05, 3.63) is 36.4 Å². The Morgan fingerprint density at radius 2 is 1.87 bits per heavy atom. The average molecular weight is 411 g/mol. The van der Waals surface area contributed by atoms with Gasteiger partial charge in [0.05, 0.1) is 29.0 Å². The molecule has 5 N–H and O–H groups in total. The second-order valence-electron chi connectivity index (χ2n) is 6.38. The first kappa shape index (κ1) is 22.6. The van der Waals surface area contributed by atoms with Crippen molar-refractivity contribution in [3.63, 3.8) is 0 Å². The molecule has 1 saturated carbocycles. The summed E-state index contributed by atoms with van der Waals surface area (Å²) in [6, 6.07) is 1.48. The van der Waals surface area contributed by atoms with E-state index in [1.807, 2.05) is 19.9 Å². The minimum atomic E-state index is -0.955. The molecule has 3 aromatic rings. The van der Waals surface area contributed by atoms with Gasteiger partial charge in [0.15, 0.2) is 0 Å². The lowest BCUT2D eigenvalue weighted by atomic mass is 10.1. The van der Waals surface area contributed by atoms with Crippen LogP contribution in [0.4, 0.5) is 16.0 Å². The summed E-state index contributed by atoms with van der Waals surface area (Å²) in [4.78, 5) is 19.8. The van der Waals surface area contributed by atoms with Crippen LogP contribution in [0.5, 0.6) is 0 Å². The zero-order valence-electron chi connectivity index (χ0n) is 17.0. The van der Waals surface area contributed by atoms with Crippen LogP contribution >= 0.6 is 0 Å². The monoisotopic (exact) mass is 411 g/mol. The number of nitrogens with one attached hydrogen (secondary N) is 1. The molecule has 0 saturated heterocycles. The molecule has 0 unspecified atom stereocenters. The summed E-state index contributed by atoms with van der Waals surface area (Å²) in [6.45, 7) is 4.00. The number of alkyl halides is 1. The summed E-state index contributed by atoms with van der Waals surface area (Å²) in [5.41, 5.74) is 13.9. The maximum atomic E-state index is 14.1. The van der Waals surface area contributed by atoms with Gasteiger partial charge in [0.1, 0.15) is 6.17 Å². The van der Waals surface area contributed by atoms with Crippen LogP contribution in [-0.2, 0) is 0 Å². The van der Waals surface area contributed by atoms with Gasteiger partial charge in [0.2, 0.25) is 5.95 Å².